The van der Waals surface area contributed by atoms with Gasteiger partial charge in [0.25, 0.3) is 5.91 Å². The lowest BCUT2D eigenvalue weighted by Gasteiger charge is -2.06. The van der Waals surface area contributed by atoms with Gasteiger partial charge in [-0.1, -0.05) is 30.4 Å². The highest BCUT2D eigenvalue weighted by atomic mass is 16.1. The zero-order valence-electron chi connectivity index (χ0n) is 10.3. The molecular formula is C14H17N3O. The summed E-state index contributed by atoms with van der Waals surface area (Å²) in [4.78, 5) is 11.6. The lowest BCUT2D eigenvalue weighted by molar-refractivity contribution is -0.117. The van der Waals surface area contributed by atoms with E-state index < -0.39 is 0 Å². The van der Waals surface area contributed by atoms with Crippen molar-refractivity contribution in [3.63, 3.8) is 0 Å². The number of amides is 1. The van der Waals surface area contributed by atoms with Crippen molar-refractivity contribution in [2.75, 3.05) is 0 Å². The van der Waals surface area contributed by atoms with Crippen LogP contribution >= 0.6 is 0 Å². The van der Waals surface area contributed by atoms with E-state index in [0.717, 1.165) is 23.5 Å². The standard InChI is InChI=1S/C14H17N3O/c1-2-4-11-5-3-6-12(7-11)10-17-14(18)13(8-15)9-16/h2-9,15H,10,16H2,1H3,(H,17,18)/b4-2+,13-9+,15-8?. The van der Waals surface area contributed by atoms with Gasteiger partial charge in [0.2, 0.25) is 0 Å². The summed E-state index contributed by atoms with van der Waals surface area (Å²) in [5.41, 5.74) is 7.48. The molecule has 0 saturated carbocycles. The smallest absolute Gasteiger partial charge is 0.254 e. The Morgan fingerprint density at radius 3 is 2.89 bits per heavy atom. The number of hydrogen-bond acceptors (Lipinski definition) is 3. The molecule has 1 amide bonds. The van der Waals surface area contributed by atoms with Crippen molar-refractivity contribution in [3.8, 4) is 0 Å². The van der Waals surface area contributed by atoms with Crippen LogP contribution in [0.25, 0.3) is 6.08 Å². The predicted octanol–water partition coefficient (Wildman–Crippen LogP) is 1.83. The second-order valence-electron chi connectivity index (χ2n) is 3.69. The molecule has 18 heavy (non-hydrogen) atoms. The van der Waals surface area contributed by atoms with E-state index in [9.17, 15) is 4.79 Å². The number of allylic oxidation sites excluding steroid dienone is 1. The monoisotopic (exact) mass is 243 g/mol. The Morgan fingerprint density at radius 2 is 2.28 bits per heavy atom. The summed E-state index contributed by atoms with van der Waals surface area (Å²) in [7, 11) is 0. The second kappa shape index (κ2) is 7.06. The molecule has 0 fully saturated rings. The largest absolute Gasteiger partial charge is 0.404 e. The third-order valence-corrected chi connectivity index (χ3v) is 2.36. The number of hydrogen-bond donors (Lipinski definition) is 3. The first-order valence-corrected chi connectivity index (χ1v) is 5.63. The highest BCUT2D eigenvalue weighted by Crippen LogP contribution is 2.07. The van der Waals surface area contributed by atoms with Crippen LogP contribution in [0.5, 0.6) is 0 Å². The first kappa shape index (κ1) is 13.7. The van der Waals surface area contributed by atoms with E-state index >= 15 is 0 Å². The normalized spacial score (nSPS) is 11.5. The van der Waals surface area contributed by atoms with Gasteiger partial charge in [0, 0.05) is 19.0 Å². The molecule has 1 aromatic carbocycles. The molecule has 4 heteroatoms. The summed E-state index contributed by atoms with van der Waals surface area (Å²) in [5, 5.41) is 9.73. The average molecular weight is 243 g/mol. The Bertz CT molecular complexity index is 490. The molecule has 0 bridgehead atoms. The van der Waals surface area contributed by atoms with Crippen LogP contribution in [0.3, 0.4) is 0 Å². The van der Waals surface area contributed by atoms with Gasteiger partial charge in [0.1, 0.15) is 0 Å². The van der Waals surface area contributed by atoms with E-state index in [4.69, 9.17) is 11.1 Å². The van der Waals surface area contributed by atoms with Gasteiger partial charge in [-0.05, 0) is 24.1 Å². The molecule has 0 unspecified atom stereocenters. The van der Waals surface area contributed by atoms with E-state index in [0.29, 0.717) is 6.54 Å². The molecule has 0 aliphatic carbocycles. The summed E-state index contributed by atoms with van der Waals surface area (Å²) < 4.78 is 0. The molecule has 4 N–H and O–H groups in total. The maximum Gasteiger partial charge on any atom is 0.254 e. The van der Waals surface area contributed by atoms with E-state index in [1.165, 1.54) is 0 Å². The van der Waals surface area contributed by atoms with E-state index in [-0.39, 0.29) is 11.5 Å². The van der Waals surface area contributed by atoms with Crippen molar-refractivity contribution in [2.24, 2.45) is 5.73 Å². The van der Waals surface area contributed by atoms with Crippen molar-refractivity contribution in [2.45, 2.75) is 13.5 Å². The molecule has 0 aliphatic heterocycles. The summed E-state index contributed by atoms with van der Waals surface area (Å²) in [6.07, 6.45) is 6.01. The maximum atomic E-state index is 11.6. The molecule has 0 atom stereocenters. The number of nitrogens with one attached hydrogen (secondary N) is 2. The molecule has 0 radical (unpaired) electrons. The molecule has 0 aromatic heterocycles. The minimum Gasteiger partial charge on any atom is -0.404 e. The van der Waals surface area contributed by atoms with Crippen LogP contribution in [0.15, 0.2) is 42.1 Å². The van der Waals surface area contributed by atoms with Gasteiger partial charge < -0.3 is 16.5 Å². The maximum absolute atomic E-state index is 11.6. The Hall–Kier alpha value is -2.36. The minimum absolute atomic E-state index is 0.152. The number of carbonyl (C=O) groups is 1. The third kappa shape index (κ3) is 3.90. The van der Waals surface area contributed by atoms with Gasteiger partial charge >= 0.3 is 0 Å². The molecule has 0 saturated heterocycles. The first-order valence-electron chi connectivity index (χ1n) is 5.63. The Kier molecular flexibility index (Phi) is 5.38. The lowest BCUT2D eigenvalue weighted by Crippen LogP contribution is -2.25. The van der Waals surface area contributed by atoms with Gasteiger partial charge in [-0.3, -0.25) is 4.79 Å². The minimum atomic E-state index is -0.344. The summed E-state index contributed by atoms with van der Waals surface area (Å²) in [6.45, 7) is 2.37. The fraction of sp³-hybridized carbons (Fsp3) is 0.143. The molecule has 1 rings (SSSR count). The van der Waals surface area contributed by atoms with Gasteiger partial charge in [-0.25, -0.2) is 0 Å². The SMILES string of the molecule is C/C=C/c1cccc(CNC(=O)/C(C=N)=C/N)c1. The van der Waals surface area contributed by atoms with Crippen molar-refractivity contribution >= 4 is 18.2 Å². The van der Waals surface area contributed by atoms with Gasteiger partial charge in [-0.15, -0.1) is 0 Å². The van der Waals surface area contributed by atoms with Crippen LogP contribution in [-0.4, -0.2) is 12.1 Å². The van der Waals surface area contributed by atoms with Crippen LogP contribution < -0.4 is 11.1 Å². The summed E-state index contributed by atoms with van der Waals surface area (Å²) >= 11 is 0. The fourth-order valence-electron chi connectivity index (χ4n) is 1.47. The number of nitrogens with two attached hydrogens (primary N) is 1. The van der Waals surface area contributed by atoms with Gasteiger partial charge in [-0.2, -0.15) is 0 Å². The van der Waals surface area contributed by atoms with E-state index in [1.807, 2.05) is 43.3 Å². The lowest BCUT2D eigenvalue weighted by atomic mass is 10.1. The fourth-order valence-corrected chi connectivity index (χ4v) is 1.47. The third-order valence-electron chi connectivity index (χ3n) is 2.36. The van der Waals surface area contributed by atoms with Crippen LogP contribution in [0.2, 0.25) is 0 Å². The van der Waals surface area contributed by atoms with Crippen LogP contribution in [-0.2, 0) is 11.3 Å². The summed E-state index contributed by atoms with van der Waals surface area (Å²) in [5.74, 6) is -0.344. The molecule has 4 nitrogen and oxygen atoms in total. The van der Waals surface area contributed by atoms with E-state index in [2.05, 4.69) is 5.32 Å². The first-order chi connectivity index (χ1) is 8.71. The molecule has 0 heterocycles. The van der Waals surface area contributed by atoms with Crippen molar-refractivity contribution in [1.82, 2.24) is 5.32 Å². The van der Waals surface area contributed by atoms with Crippen molar-refractivity contribution in [1.29, 1.82) is 5.41 Å². The second-order valence-corrected chi connectivity index (χ2v) is 3.69. The molecule has 94 valence electrons. The average Bonchev–Trinajstić information content (AvgIpc) is 2.39. The number of carbonyl (C=O) groups excluding carboxylic acids is 1. The van der Waals surface area contributed by atoms with Crippen molar-refractivity contribution < 1.29 is 4.79 Å². The van der Waals surface area contributed by atoms with Crippen LogP contribution in [0.4, 0.5) is 0 Å². The van der Waals surface area contributed by atoms with Crippen LogP contribution in [0.1, 0.15) is 18.1 Å². The highest BCUT2D eigenvalue weighted by molar-refractivity contribution is 6.11. The number of benzene rings is 1. The Balaban J connectivity index is 2.66. The van der Waals surface area contributed by atoms with E-state index in [1.54, 1.807) is 0 Å². The molecular weight excluding hydrogens is 226 g/mol. The van der Waals surface area contributed by atoms with Gasteiger partial charge in [0.05, 0.1) is 5.57 Å². The zero-order valence-corrected chi connectivity index (χ0v) is 10.3. The predicted molar refractivity (Wildman–Crippen MR) is 74.1 cm³/mol. The highest BCUT2D eigenvalue weighted by Gasteiger charge is 2.05. The number of rotatable bonds is 5. The Morgan fingerprint density at radius 1 is 1.50 bits per heavy atom. The molecule has 1 aromatic rings. The van der Waals surface area contributed by atoms with Gasteiger partial charge in [0.15, 0.2) is 0 Å². The van der Waals surface area contributed by atoms with Crippen molar-refractivity contribution in [3.05, 3.63) is 53.2 Å². The topological polar surface area (TPSA) is 79.0 Å². The zero-order chi connectivity index (χ0) is 13.4. The molecule has 0 aliphatic rings. The molecule has 0 spiro atoms. The summed E-state index contributed by atoms with van der Waals surface area (Å²) in [6, 6.07) is 7.86. The Labute approximate surface area is 107 Å². The quantitative estimate of drug-likeness (QED) is 0.545. The van der Waals surface area contributed by atoms with Crippen LogP contribution in [0, 0.1) is 5.41 Å².